The van der Waals surface area contributed by atoms with Crippen LogP contribution in [0.3, 0.4) is 0 Å². The number of rotatable bonds is 1. The van der Waals surface area contributed by atoms with Gasteiger partial charge in [-0.05, 0) is 19.8 Å². The van der Waals surface area contributed by atoms with Gasteiger partial charge in [-0.2, -0.15) is 10.5 Å². The lowest BCUT2D eigenvalue weighted by molar-refractivity contribution is 0.184. The largest absolute Gasteiger partial charge is 0.288 e. The van der Waals surface area contributed by atoms with Crippen LogP contribution in [0, 0.1) is 28.6 Å². The molecular weight excluding hydrogens is 150 g/mol. The summed E-state index contributed by atoms with van der Waals surface area (Å²) in [6, 6.07) is 4.49. The highest BCUT2D eigenvalue weighted by Crippen LogP contribution is 2.17. The highest BCUT2D eigenvalue weighted by Gasteiger charge is 2.21. The minimum atomic E-state index is 0.00430. The zero-order chi connectivity index (χ0) is 8.97. The van der Waals surface area contributed by atoms with E-state index in [2.05, 4.69) is 17.0 Å². The molecule has 0 aromatic heterocycles. The Bertz CT molecular complexity index is 215. The van der Waals surface area contributed by atoms with Crippen molar-refractivity contribution >= 4 is 0 Å². The number of nitriles is 2. The van der Waals surface area contributed by atoms with Gasteiger partial charge in [0.05, 0.1) is 18.2 Å². The zero-order valence-corrected chi connectivity index (χ0v) is 7.32. The maximum absolute atomic E-state index is 8.65. The first kappa shape index (κ1) is 9.03. The molecule has 0 spiro atoms. The molecule has 1 heterocycles. The Morgan fingerprint density at radius 1 is 1.33 bits per heavy atom. The molecule has 1 unspecified atom stereocenters. The second-order valence-corrected chi connectivity index (χ2v) is 3.24. The van der Waals surface area contributed by atoms with Crippen molar-refractivity contribution < 1.29 is 0 Å². The number of hydrogen-bond donors (Lipinski definition) is 0. The normalized spacial score (nSPS) is 22.6. The summed E-state index contributed by atoms with van der Waals surface area (Å²) in [4.78, 5) is 2.13. The van der Waals surface area contributed by atoms with Crippen LogP contribution in [0.15, 0.2) is 0 Å². The Kier molecular flexibility index (Phi) is 3.08. The van der Waals surface area contributed by atoms with Gasteiger partial charge in [0, 0.05) is 19.0 Å². The number of nitrogens with zero attached hydrogens (tertiary/aromatic N) is 3. The monoisotopic (exact) mass is 163 g/mol. The molecule has 0 aromatic rings. The van der Waals surface area contributed by atoms with Gasteiger partial charge < -0.3 is 0 Å². The molecule has 1 atom stereocenters. The van der Waals surface area contributed by atoms with Gasteiger partial charge in [-0.3, -0.25) is 4.90 Å². The summed E-state index contributed by atoms with van der Waals surface area (Å²) >= 11 is 0. The predicted molar refractivity (Wildman–Crippen MR) is 45.0 cm³/mol. The van der Waals surface area contributed by atoms with Crippen molar-refractivity contribution in [2.24, 2.45) is 5.92 Å². The average molecular weight is 163 g/mol. The summed E-state index contributed by atoms with van der Waals surface area (Å²) in [6.45, 7) is 3.70. The van der Waals surface area contributed by atoms with E-state index in [0.29, 0.717) is 0 Å². The van der Waals surface area contributed by atoms with Gasteiger partial charge in [-0.1, -0.05) is 0 Å². The molecule has 1 rings (SSSR count). The van der Waals surface area contributed by atoms with Gasteiger partial charge >= 0.3 is 0 Å². The van der Waals surface area contributed by atoms with E-state index in [-0.39, 0.29) is 12.0 Å². The standard InChI is InChI=1S/C9H13N3/c1-8(6-10)12-4-2-9(7-11)3-5-12/h8-9H,2-5H2,1H3. The van der Waals surface area contributed by atoms with Gasteiger partial charge in [-0.15, -0.1) is 0 Å². The van der Waals surface area contributed by atoms with E-state index < -0.39 is 0 Å². The lowest BCUT2D eigenvalue weighted by Gasteiger charge is -2.30. The summed E-state index contributed by atoms with van der Waals surface area (Å²) in [5.41, 5.74) is 0. The maximum Gasteiger partial charge on any atom is 0.0949 e. The van der Waals surface area contributed by atoms with Crippen LogP contribution < -0.4 is 0 Å². The van der Waals surface area contributed by atoms with Gasteiger partial charge in [0.15, 0.2) is 0 Å². The molecule has 0 aromatic carbocycles. The number of likely N-dealkylation sites (tertiary alicyclic amines) is 1. The first-order chi connectivity index (χ1) is 5.77. The summed E-state index contributed by atoms with van der Waals surface area (Å²) in [5, 5.41) is 17.3. The third-order valence-electron chi connectivity index (χ3n) is 2.45. The van der Waals surface area contributed by atoms with E-state index >= 15 is 0 Å². The van der Waals surface area contributed by atoms with Crippen LogP contribution in [-0.4, -0.2) is 24.0 Å². The molecule has 3 nitrogen and oxygen atoms in total. The van der Waals surface area contributed by atoms with Crippen molar-refractivity contribution in [2.45, 2.75) is 25.8 Å². The van der Waals surface area contributed by atoms with Crippen molar-refractivity contribution in [1.29, 1.82) is 10.5 Å². The summed E-state index contributed by atoms with van der Waals surface area (Å²) in [6.07, 6.45) is 1.84. The van der Waals surface area contributed by atoms with E-state index in [9.17, 15) is 0 Å². The molecule has 64 valence electrons. The van der Waals surface area contributed by atoms with Gasteiger partial charge in [-0.25, -0.2) is 0 Å². The SMILES string of the molecule is CC(C#N)N1CCC(C#N)CC1. The zero-order valence-electron chi connectivity index (χ0n) is 7.32. The molecular formula is C9H13N3. The lowest BCUT2D eigenvalue weighted by atomic mass is 9.98. The molecule has 3 heteroatoms. The summed E-state index contributed by atoms with van der Waals surface area (Å²) in [7, 11) is 0. The fourth-order valence-corrected chi connectivity index (χ4v) is 1.50. The molecule has 1 fully saturated rings. The molecule has 12 heavy (non-hydrogen) atoms. The van der Waals surface area contributed by atoms with Gasteiger partial charge in [0.2, 0.25) is 0 Å². The minimum Gasteiger partial charge on any atom is -0.288 e. The van der Waals surface area contributed by atoms with Crippen LogP contribution in [-0.2, 0) is 0 Å². The lowest BCUT2D eigenvalue weighted by Crippen LogP contribution is -2.38. The molecule has 0 saturated carbocycles. The number of hydrogen-bond acceptors (Lipinski definition) is 3. The first-order valence-electron chi connectivity index (χ1n) is 4.31. The fourth-order valence-electron chi connectivity index (χ4n) is 1.50. The summed E-state index contributed by atoms with van der Waals surface area (Å²) in [5.74, 6) is 0.215. The molecule has 1 aliphatic rings. The second kappa shape index (κ2) is 4.09. The Hall–Kier alpha value is -1.06. The molecule has 0 N–H and O–H groups in total. The van der Waals surface area contributed by atoms with Gasteiger partial charge in [0.1, 0.15) is 0 Å². The fraction of sp³-hybridized carbons (Fsp3) is 0.778. The van der Waals surface area contributed by atoms with E-state index in [1.807, 2.05) is 6.92 Å². The molecule has 0 bridgehead atoms. The van der Waals surface area contributed by atoms with E-state index in [0.717, 1.165) is 25.9 Å². The van der Waals surface area contributed by atoms with Crippen LogP contribution in [0.1, 0.15) is 19.8 Å². The molecule has 0 amide bonds. The molecule has 1 aliphatic heterocycles. The topological polar surface area (TPSA) is 50.8 Å². The van der Waals surface area contributed by atoms with Crippen LogP contribution in [0.2, 0.25) is 0 Å². The van der Waals surface area contributed by atoms with Crippen LogP contribution >= 0.6 is 0 Å². The highest BCUT2D eigenvalue weighted by atomic mass is 15.2. The Morgan fingerprint density at radius 3 is 2.33 bits per heavy atom. The summed E-state index contributed by atoms with van der Waals surface area (Å²) < 4.78 is 0. The van der Waals surface area contributed by atoms with Crippen LogP contribution in [0.4, 0.5) is 0 Å². The van der Waals surface area contributed by atoms with Crippen LogP contribution in [0.5, 0.6) is 0 Å². The van der Waals surface area contributed by atoms with Crippen molar-refractivity contribution in [3.63, 3.8) is 0 Å². The first-order valence-corrected chi connectivity index (χ1v) is 4.31. The quantitative estimate of drug-likeness (QED) is 0.582. The Labute approximate surface area is 73.2 Å². The third-order valence-corrected chi connectivity index (χ3v) is 2.45. The van der Waals surface area contributed by atoms with Crippen LogP contribution in [0.25, 0.3) is 0 Å². The second-order valence-electron chi connectivity index (χ2n) is 3.24. The van der Waals surface area contributed by atoms with E-state index in [1.165, 1.54) is 0 Å². The van der Waals surface area contributed by atoms with Crippen molar-refractivity contribution in [1.82, 2.24) is 4.90 Å². The third kappa shape index (κ3) is 1.96. The van der Waals surface area contributed by atoms with Gasteiger partial charge in [0.25, 0.3) is 0 Å². The number of piperidine rings is 1. The average Bonchev–Trinajstić information content (AvgIpc) is 2.17. The maximum atomic E-state index is 8.65. The van der Waals surface area contributed by atoms with Crippen molar-refractivity contribution in [3.8, 4) is 12.1 Å². The highest BCUT2D eigenvalue weighted by molar-refractivity contribution is 4.93. The molecule has 1 saturated heterocycles. The predicted octanol–water partition coefficient (Wildman–Crippen LogP) is 1.13. The minimum absolute atomic E-state index is 0.00430. The van der Waals surface area contributed by atoms with Crippen molar-refractivity contribution in [2.75, 3.05) is 13.1 Å². The van der Waals surface area contributed by atoms with Crippen molar-refractivity contribution in [3.05, 3.63) is 0 Å². The smallest absolute Gasteiger partial charge is 0.0949 e. The Balaban J connectivity index is 2.38. The molecule has 0 radical (unpaired) electrons. The Morgan fingerprint density at radius 2 is 1.92 bits per heavy atom. The van der Waals surface area contributed by atoms with E-state index in [4.69, 9.17) is 10.5 Å². The molecule has 0 aliphatic carbocycles. The van der Waals surface area contributed by atoms with E-state index in [1.54, 1.807) is 0 Å².